The topological polar surface area (TPSA) is 66.0 Å². The number of rotatable bonds is 4. The number of nitriles is 1. The standard InChI is InChI=1S/C23H16N2O2/c24-14-16-9-10-21-20(11-16)13-22(18-6-2-1-3-7-18)25(21)15-17-5-4-8-19(12-17)23(26)27/h1-13H,15H2,(H,26,27). The third-order valence-electron chi connectivity index (χ3n) is 4.61. The second kappa shape index (κ2) is 6.81. The Morgan fingerprint density at radius 3 is 2.52 bits per heavy atom. The predicted molar refractivity (Wildman–Crippen MR) is 105 cm³/mol. The Hall–Kier alpha value is -3.84. The smallest absolute Gasteiger partial charge is 0.335 e. The number of hydrogen-bond donors (Lipinski definition) is 1. The first-order valence-electron chi connectivity index (χ1n) is 8.57. The van der Waals surface area contributed by atoms with E-state index in [0.29, 0.717) is 12.1 Å². The first-order chi connectivity index (χ1) is 13.2. The first kappa shape index (κ1) is 16.6. The number of aromatic nitrogens is 1. The van der Waals surface area contributed by atoms with Gasteiger partial charge in [-0.2, -0.15) is 5.26 Å². The van der Waals surface area contributed by atoms with E-state index in [4.69, 9.17) is 0 Å². The average Bonchev–Trinajstić information content (AvgIpc) is 3.06. The molecule has 4 heteroatoms. The maximum atomic E-state index is 11.3. The van der Waals surface area contributed by atoms with Crippen molar-refractivity contribution in [1.29, 1.82) is 5.26 Å². The summed E-state index contributed by atoms with van der Waals surface area (Å²) in [6, 6.07) is 26.9. The van der Waals surface area contributed by atoms with Gasteiger partial charge in [0.2, 0.25) is 0 Å². The van der Waals surface area contributed by atoms with Crippen molar-refractivity contribution in [3.8, 4) is 17.3 Å². The molecule has 27 heavy (non-hydrogen) atoms. The summed E-state index contributed by atoms with van der Waals surface area (Å²) in [6.45, 7) is 0.542. The number of nitrogens with zero attached hydrogens (tertiary/aromatic N) is 2. The Balaban J connectivity index is 1.88. The van der Waals surface area contributed by atoms with Crippen LogP contribution in [0.25, 0.3) is 22.2 Å². The minimum absolute atomic E-state index is 0.275. The molecule has 0 aliphatic rings. The molecular weight excluding hydrogens is 336 g/mol. The van der Waals surface area contributed by atoms with Crippen LogP contribution in [-0.4, -0.2) is 15.6 Å². The van der Waals surface area contributed by atoms with Crippen molar-refractivity contribution in [2.75, 3.05) is 0 Å². The van der Waals surface area contributed by atoms with E-state index < -0.39 is 5.97 Å². The van der Waals surface area contributed by atoms with E-state index in [2.05, 4.69) is 16.7 Å². The van der Waals surface area contributed by atoms with Gasteiger partial charge in [0.25, 0.3) is 0 Å². The van der Waals surface area contributed by atoms with Crippen LogP contribution >= 0.6 is 0 Å². The Kier molecular flexibility index (Phi) is 4.19. The summed E-state index contributed by atoms with van der Waals surface area (Å²) in [5, 5.41) is 19.4. The van der Waals surface area contributed by atoms with Crippen molar-refractivity contribution in [2.45, 2.75) is 6.54 Å². The molecule has 4 nitrogen and oxygen atoms in total. The van der Waals surface area contributed by atoms with Gasteiger partial charge in [0.1, 0.15) is 0 Å². The molecule has 1 N–H and O–H groups in total. The monoisotopic (exact) mass is 352 g/mol. The van der Waals surface area contributed by atoms with Crippen molar-refractivity contribution < 1.29 is 9.90 Å². The molecule has 0 saturated carbocycles. The molecule has 1 aromatic heterocycles. The van der Waals surface area contributed by atoms with Crippen molar-refractivity contribution >= 4 is 16.9 Å². The SMILES string of the molecule is N#Cc1ccc2c(c1)cc(-c1ccccc1)n2Cc1cccc(C(=O)O)c1. The Morgan fingerprint density at radius 2 is 1.78 bits per heavy atom. The van der Waals surface area contributed by atoms with Gasteiger partial charge in [-0.25, -0.2) is 4.79 Å². The van der Waals surface area contributed by atoms with Crippen molar-refractivity contribution in [2.24, 2.45) is 0 Å². The fourth-order valence-electron chi connectivity index (χ4n) is 3.34. The maximum Gasteiger partial charge on any atom is 0.335 e. The van der Waals surface area contributed by atoms with Crippen LogP contribution in [0.4, 0.5) is 0 Å². The number of carboxylic acids is 1. The molecule has 4 rings (SSSR count). The van der Waals surface area contributed by atoms with Gasteiger partial charge in [-0.1, -0.05) is 42.5 Å². The van der Waals surface area contributed by atoms with Gasteiger partial charge in [0.15, 0.2) is 0 Å². The van der Waals surface area contributed by atoms with Crippen molar-refractivity contribution in [3.05, 3.63) is 95.6 Å². The van der Waals surface area contributed by atoms with E-state index >= 15 is 0 Å². The quantitative estimate of drug-likeness (QED) is 0.566. The van der Waals surface area contributed by atoms with Crippen LogP contribution in [-0.2, 0) is 6.54 Å². The molecule has 0 unspecified atom stereocenters. The van der Waals surface area contributed by atoms with E-state index in [0.717, 1.165) is 27.7 Å². The zero-order valence-corrected chi connectivity index (χ0v) is 14.5. The highest BCUT2D eigenvalue weighted by molar-refractivity contribution is 5.89. The summed E-state index contributed by atoms with van der Waals surface area (Å²) in [5.41, 5.74) is 4.91. The fourth-order valence-corrected chi connectivity index (χ4v) is 3.34. The molecule has 130 valence electrons. The Bertz CT molecular complexity index is 1180. The molecule has 0 aliphatic carbocycles. The van der Waals surface area contributed by atoms with Crippen LogP contribution in [0.2, 0.25) is 0 Å². The van der Waals surface area contributed by atoms with Gasteiger partial charge in [-0.05, 0) is 47.5 Å². The third-order valence-corrected chi connectivity index (χ3v) is 4.61. The number of fused-ring (bicyclic) bond motifs is 1. The Morgan fingerprint density at radius 1 is 0.963 bits per heavy atom. The molecule has 0 atom stereocenters. The number of carboxylic acid groups (broad SMARTS) is 1. The lowest BCUT2D eigenvalue weighted by Crippen LogP contribution is -2.04. The Labute approximate surface area is 156 Å². The van der Waals surface area contributed by atoms with Gasteiger partial charge in [-0.3, -0.25) is 0 Å². The van der Waals surface area contributed by atoms with Crippen LogP contribution in [0.15, 0.2) is 78.9 Å². The normalized spacial score (nSPS) is 10.6. The molecule has 1 heterocycles. The number of benzene rings is 3. The van der Waals surface area contributed by atoms with E-state index in [1.807, 2.05) is 48.5 Å². The lowest BCUT2D eigenvalue weighted by Gasteiger charge is -2.12. The molecule has 0 amide bonds. The van der Waals surface area contributed by atoms with Crippen molar-refractivity contribution in [1.82, 2.24) is 4.57 Å². The highest BCUT2D eigenvalue weighted by Gasteiger charge is 2.12. The van der Waals surface area contributed by atoms with Gasteiger partial charge >= 0.3 is 5.97 Å². The maximum absolute atomic E-state index is 11.3. The molecule has 0 fully saturated rings. The summed E-state index contributed by atoms with van der Waals surface area (Å²) in [7, 11) is 0. The highest BCUT2D eigenvalue weighted by Crippen LogP contribution is 2.30. The number of hydrogen-bond acceptors (Lipinski definition) is 2. The minimum Gasteiger partial charge on any atom is -0.478 e. The molecule has 0 spiro atoms. The average molecular weight is 352 g/mol. The van der Waals surface area contributed by atoms with Gasteiger partial charge in [0.05, 0.1) is 17.2 Å². The van der Waals surface area contributed by atoms with Gasteiger partial charge < -0.3 is 9.67 Å². The molecular formula is C23H16N2O2. The summed E-state index contributed by atoms with van der Waals surface area (Å²) in [6.07, 6.45) is 0. The van der Waals surface area contributed by atoms with Crippen LogP contribution in [0.3, 0.4) is 0 Å². The molecule has 3 aromatic carbocycles. The molecule has 0 radical (unpaired) electrons. The zero-order chi connectivity index (χ0) is 18.8. The third kappa shape index (κ3) is 3.19. The zero-order valence-electron chi connectivity index (χ0n) is 14.5. The molecule has 0 bridgehead atoms. The second-order valence-electron chi connectivity index (χ2n) is 6.37. The highest BCUT2D eigenvalue weighted by atomic mass is 16.4. The van der Waals surface area contributed by atoms with Crippen LogP contribution in [0.1, 0.15) is 21.5 Å². The lowest BCUT2D eigenvalue weighted by atomic mass is 10.1. The number of aromatic carboxylic acids is 1. The van der Waals surface area contributed by atoms with E-state index in [1.165, 1.54) is 0 Å². The minimum atomic E-state index is -0.934. The fraction of sp³-hybridized carbons (Fsp3) is 0.0435. The van der Waals surface area contributed by atoms with Crippen LogP contribution in [0.5, 0.6) is 0 Å². The van der Waals surface area contributed by atoms with E-state index in [9.17, 15) is 15.2 Å². The summed E-state index contributed by atoms with van der Waals surface area (Å²) >= 11 is 0. The largest absolute Gasteiger partial charge is 0.478 e. The lowest BCUT2D eigenvalue weighted by molar-refractivity contribution is 0.0696. The number of carbonyl (C=O) groups is 1. The molecule has 0 saturated heterocycles. The van der Waals surface area contributed by atoms with Crippen LogP contribution < -0.4 is 0 Å². The predicted octanol–water partition coefficient (Wildman–Crippen LogP) is 4.93. The van der Waals surface area contributed by atoms with E-state index in [1.54, 1.807) is 24.3 Å². The van der Waals surface area contributed by atoms with Gasteiger partial charge in [-0.15, -0.1) is 0 Å². The van der Waals surface area contributed by atoms with Crippen molar-refractivity contribution in [3.63, 3.8) is 0 Å². The molecule has 0 aliphatic heterocycles. The molecule has 4 aromatic rings. The van der Waals surface area contributed by atoms with Crippen LogP contribution in [0, 0.1) is 11.3 Å². The second-order valence-corrected chi connectivity index (χ2v) is 6.37. The summed E-state index contributed by atoms with van der Waals surface area (Å²) in [4.78, 5) is 11.3. The van der Waals surface area contributed by atoms with Gasteiger partial charge in [0, 0.05) is 23.1 Å². The summed E-state index contributed by atoms with van der Waals surface area (Å²) in [5.74, 6) is -0.934. The summed E-state index contributed by atoms with van der Waals surface area (Å²) < 4.78 is 2.16. The van der Waals surface area contributed by atoms with E-state index in [-0.39, 0.29) is 5.56 Å². The first-order valence-corrected chi connectivity index (χ1v) is 8.57.